The summed E-state index contributed by atoms with van der Waals surface area (Å²) in [5.74, 6) is 0.124. The molecule has 0 radical (unpaired) electrons. The van der Waals surface area contributed by atoms with E-state index in [0.29, 0.717) is 12.0 Å². The molecule has 4 atom stereocenters. The number of hydrogen-bond donors (Lipinski definition) is 4. The van der Waals surface area contributed by atoms with Crippen molar-refractivity contribution >= 4 is 32.7 Å². The number of nitrogens with zero attached hydrogens (tertiary/aromatic N) is 5. The number of nitrogens with one attached hydrogen (secondary N) is 1. The molecule has 0 aliphatic carbocycles. The average molecular weight is 479 g/mol. The fraction of sp³-hybridized carbons (Fsp3) is 0.389. The molecule has 176 valence electrons. The second-order valence-electron chi connectivity index (χ2n) is 7.38. The normalized spacial score (nSPS) is 23.2. The van der Waals surface area contributed by atoms with Crippen molar-refractivity contribution in [3.8, 4) is 0 Å². The number of nitrogen functional groups attached to an aromatic ring is 1. The van der Waals surface area contributed by atoms with Crippen molar-refractivity contribution in [2.24, 2.45) is 0 Å². The molecule has 5 N–H and O–H groups in total. The summed E-state index contributed by atoms with van der Waals surface area (Å²) in [5.41, 5.74) is 6.40. The van der Waals surface area contributed by atoms with Crippen LogP contribution in [0.5, 0.6) is 0 Å². The summed E-state index contributed by atoms with van der Waals surface area (Å²) < 4.78 is 34.7. The smallest absolute Gasteiger partial charge is 0.273 e. The highest BCUT2D eigenvalue weighted by molar-refractivity contribution is 7.89. The molecular formula is C18H21N7O7S. The van der Waals surface area contributed by atoms with Gasteiger partial charge in [-0.3, -0.25) is 14.7 Å². The zero-order chi connectivity index (χ0) is 23.9. The molecule has 0 bridgehead atoms. The number of sulfonamides is 1. The first-order chi connectivity index (χ1) is 15.6. The Labute approximate surface area is 187 Å². The van der Waals surface area contributed by atoms with Gasteiger partial charge >= 0.3 is 0 Å². The highest BCUT2D eigenvalue weighted by Crippen LogP contribution is 2.32. The van der Waals surface area contributed by atoms with Crippen molar-refractivity contribution < 1.29 is 28.3 Å². The Bertz CT molecular complexity index is 1310. The maximum Gasteiger partial charge on any atom is 0.273 e. The maximum atomic E-state index is 12.7. The number of aliphatic hydroxyl groups excluding tert-OH is 2. The highest BCUT2D eigenvalue weighted by Gasteiger charge is 2.44. The van der Waals surface area contributed by atoms with Crippen LogP contribution in [0.15, 0.2) is 35.7 Å². The number of aryl methyl sites for hydroxylation is 1. The molecule has 1 fully saturated rings. The van der Waals surface area contributed by atoms with Gasteiger partial charge in [0, 0.05) is 18.2 Å². The van der Waals surface area contributed by atoms with Crippen molar-refractivity contribution in [3.63, 3.8) is 0 Å². The van der Waals surface area contributed by atoms with Gasteiger partial charge in [-0.05, 0) is 12.5 Å². The van der Waals surface area contributed by atoms with Crippen LogP contribution in [0.2, 0.25) is 0 Å². The number of fused-ring (bicyclic) bond motifs is 1. The van der Waals surface area contributed by atoms with Crippen molar-refractivity contribution in [2.45, 2.75) is 42.8 Å². The Morgan fingerprint density at radius 3 is 2.73 bits per heavy atom. The predicted molar refractivity (Wildman–Crippen MR) is 113 cm³/mol. The zero-order valence-electron chi connectivity index (χ0n) is 17.3. The van der Waals surface area contributed by atoms with Crippen LogP contribution in [-0.2, 0) is 21.2 Å². The zero-order valence-corrected chi connectivity index (χ0v) is 18.1. The van der Waals surface area contributed by atoms with Gasteiger partial charge in [0.05, 0.1) is 16.1 Å². The highest BCUT2D eigenvalue weighted by atomic mass is 32.2. The SMILES string of the molecule is CCc1ccc(S(=O)(=O)NC[C@H]2O[C@@H](n3cnc4c(N)ncnc43)[C@H](O)[C@@H]2O)cc1[N+](=O)[O-]. The minimum Gasteiger partial charge on any atom is -0.387 e. The van der Waals surface area contributed by atoms with Crippen LogP contribution in [0.4, 0.5) is 11.5 Å². The van der Waals surface area contributed by atoms with Crippen LogP contribution in [0.25, 0.3) is 11.2 Å². The lowest BCUT2D eigenvalue weighted by Crippen LogP contribution is -2.39. The Morgan fingerprint density at radius 1 is 1.27 bits per heavy atom. The number of anilines is 1. The van der Waals surface area contributed by atoms with E-state index in [9.17, 15) is 28.7 Å². The van der Waals surface area contributed by atoms with Crippen molar-refractivity contribution in [2.75, 3.05) is 12.3 Å². The molecule has 0 spiro atoms. The number of benzene rings is 1. The molecule has 1 aliphatic heterocycles. The molecule has 3 aromatic rings. The summed E-state index contributed by atoms with van der Waals surface area (Å²) in [6.07, 6.45) is -2.20. The van der Waals surface area contributed by atoms with Crippen LogP contribution < -0.4 is 10.5 Å². The molecule has 0 amide bonds. The van der Waals surface area contributed by atoms with Crippen molar-refractivity contribution in [1.29, 1.82) is 0 Å². The fourth-order valence-corrected chi connectivity index (χ4v) is 4.70. The average Bonchev–Trinajstić information content (AvgIpc) is 3.34. The van der Waals surface area contributed by atoms with E-state index < -0.39 is 46.0 Å². The van der Waals surface area contributed by atoms with E-state index in [1.807, 2.05) is 0 Å². The van der Waals surface area contributed by atoms with Gasteiger partial charge in [-0.2, -0.15) is 0 Å². The summed E-state index contributed by atoms with van der Waals surface area (Å²) in [6.45, 7) is 1.32. The molecule has 4 rings (SSSR count). The van der Waals surface area contributed by atoms with Gasteiger partial charge in [0.2, 0.25) is 10.0 Å². The number of nitro benzene ring substituents is 1. The maximum absolute atomic E-state index is 12.7. The quantitative estimate of drug-likeness (QED) is 0.250. The topological polar surface area (TPSA) is 209 Å². The lowest BCUT2D eigenvalue weighted by Gasteiger charge is -2.16. The predicted octanol–water partition coefficient (Wildman–Crippen LogP) is -0.523. The molecular weight excluding hydrogens is 458 g/mol. The van der Waals surface area contributed by atoms with Crippen LogP contribution in [0.3, 0.4) is 0 Å². The molecule has 3 heterocycles. The van der Waals surface area contributed by atoms with Crippen LogP contribution in [0.1, 0.15) is 18.7 Å². The minimum absolute atomic E-state index is 0.124. The lowest BCUT2D eigenvalue weighted by atomic mass is 10.1. The molecule has 1 aromatic carbocycles. The third kappa shape index (κ3) is 4.11. The van der Waals surface area contributed by atoms with Gasteiger partial charge in [-0.25, -0.2) is 28.1 Å². The van der Waals surface area contributed by atoms with E-state index in [1.54, 1.807) is 6.92 Å². The Balaban J connectivity index is 1.52. The van der Waals surface area contributed by atoms with E-state index in [4.69, 9.17) is 10.5 Å². The number of nitrogens with two attached hydrogens (primary N) is 1. The molecule has 0 saturated carbocycles. The number of nitro groups is 1. The van der Waals surface area contributed by atoms with Crippen LogP contribution in [0, 0.1) is 10.1 Å². The number of ether oxygens (including phenoxy) is 1. The van der Waals surface area contributed by atoms with Gasteiger partial charge in [0.1, 0.15) is 30.2 Å². The monoisotopic (exact) mass is 479 g/mol. The number of aromatic nitrogens is 4. The minimum atomic E-state index is -4.16. The third-order valence-electron chi connectivity index (χ3n) is 5.42. The Morgan fingerprint density at radius 2 is 2.03 bits per heavy atom. The first-order valence-electron chi connectivity index (χ1n) is 9.85. The van der Waals surface area contributed by atoms with Gasteiger partial charge in [0.25, 0.3) is 5.69 Å². The van der Waals surface area contributed by atoms with Gasteiger partial charge in [0.15, 0.2) is 17.7 Å². The summed E-state index contributed by atoms with van der Waals surface area (Å²) in [6, 6.07) is 3.62. The summed E-state index contributed by atoms with van der Waals surface area (Å²) in [5, 5.41) is 32.1. The van der Waals surface area contributed by atoms with Crippen molar-refractivity contribution in [1.82, 2.24) is 24.2 Å². The molecule has 33 heavy (non-hydrogen) atoms. The van der Waals surface area contributed by atoms with Gasteiger partial charge < -0.3 is 20.7 Å². The van der Waals surface area contributed by atoms with E-state index in [-0.39, 0.29) is 27.6 Å². The molecule has 14 nitrogen and oxygen atoms in total. The molecule has 2 aromatic heterocycles. The fourth-order valence-electron chi connectivity index (χ4n) is 3.64. The van der Waals surface area contributed by atoms with Crippen LogP contribution >= 0.6 is 0 Å². The van der Waals surface area contributed by atoms with E-state index in [0.717, 1.165) is 6.07 Å². The van der Waals surface area contributed by atoms with Gasteiger partial charge in [-0.15, -0.1) is 0 Å². The number of rotatable bonds is 7. The number of aliphatic hydroxyl groups is 2. The summed E-state index contributed by atoms with van der Waals surface area (Å²) in [7, 11) is -4.16. The van der Waals surface area contributed by atoms with Gasteiger partial charge in [-0.1, -0.05) is 13.0 Å². The Kier molecular flexibility index (Phi) is 5.98. The van der Waals surface area contributed by atoms with E-state index >= 15 is 0 Å². The first-order valence-corrected chi connectivity index (χ1v) is 11.3. The third-order valence-corrected chi connectivity index (χ3v) is 6.84. The molecule has 1 saturated heterocycles. The standard InChI is InChI=1S/C18H21N7O7S/c1-2-9-3-4-10(5-11(9)25(28)29)33(30,31)23-6-12-14(26)15(27)18(32-12)24-8-22-13-16(19)20-7-21-17(13)24/h3-5,7-8,12,14-15,18,23,26-27H,2,6H2,1H3,(H2,19,20,21)/t12-,14-,15-,18-/m1/s1. The summed E-state index contributed by atoms with van der Waals surface area (Å²) >= 11 is 0. The lowest BCUT2D eigenvalue weighted by molar-refractivity contribution is -0.385. The number of hydrogen-bond acceptors (Lipinski definition) is 11. The first kappa shape index (κ1) is 22.9. The second-order valence-corrected chi connectivity index (χ2v) is 9.15. The Hall–Kier alpha value is -3.24. The van der Waals surface area contributed by atoms with E-state index in [1.165, 1.54) is 29.4 Å². The largest absolute Gasteiger partial charge is 0.387 e. The molecule has 1 aliphatic rings. The second kappa shape index (κ2) is 8.60. The van der Waals surface area contributed by atoms with Crippen LogP contribution in [-0.4, -0.2) is 67.9 Å². The molecule has 0 unspecified atom stereocenters. The van der Waals surface area contributed by atoms with E-state index in [2.05, 4.69) is 19.7 Å². The molecule has 15 heteroatoms. The summed E-state index contributed by atoms with van der Waals surface area (Å²) in [4.78, 5) is 22.3. The number of imidazole rings is 1. The van der Waals surface area contributed by atoms with Crippen molar-refractivity contribution in [3.05, 3.63) is 46.5 Å².